The lowest BCUT2D eigenvalue weighted by Gasteiger charge is -2.15. The van der Waals surface area contributed by atoms with Crippen molar-refractivity contribution in [3.05, 3.63) is 24.3 Å². The molecule has 6 heteroatoms. The molecule has 0 spiro atoms. The third kappa shape index (κ3) is 5.60. The van der Waals surface area contributed by atoms with Crippen LogP contribution in [0.1, 0.15) is 26.7 Å². The molecular formula is C14H20N2O4. The van der Waals surface area contributed by atoms with Gasteiger partial charge in [0, 0.05) is 11.7 Å². The molecule has 0 unspecified atom stereocenters. The predicted octanol–water partition coefficient (Wildman–Crippen LogP) is 2.46. The van der Waals surface area contributed by atoms with Crippen molar-refractivity contribution >= 4 is 17.7 Å². The Kier molecular flexibility index (Phi) is 6.36. The maximum atomic E-state index is 11.7. The second-order valence-corrected chi connectivity index (χ2v) is 4.32. The van der Waals surface area contributed by atoms with Gasteiger partial charge in [-0.25, -0.2) is 9.59 Å². The number of carboxylic acids is 1. The molecule has 3 N–H and O–H groups in total. The first-order chi connectivity index (χ1) is 9.55. The Morgan fingerprint density at radius 3 is 2.30 bits per heavy atom. The van der Waals surface area contributed by atoms with Crippen LogP contribution >= 0.6 is 0 Å². The predicted molar refractivity (Wildman–Crippen MR) is 76.1 cm³/mol. The number of amides is 2. The molecule has 0 aliphatic heterocycles. The Hall–Kier alpha value is -2.24. The van der Waals surface area contributed by atoms with Crippen LogP contribution in [0.5, 0.6) is 5.75 Å². The van der Waals surface area contributed by atoms with Crippen molar-refractivity contribution in [2.75, 3.05) is 11.9 Å². The molecule has 2 amide bonds. The Morgan fingerprint density at radius 1 is 1.20 bits per heavy atom. The maximum Gasteiger partial charge on any atom is 0.341 e. The molecule has 0 radical (unpaired) electrons. The summed E-state index contributed by atoms with van der Waals surface area (Å²) >= 11 is 0. The average molecular weight is 280 g/mol. The second-order valence-electron chi connectivity index (χ2n) is 4.32. The van der Waals surface area contributed by atoms with Crippen LogP contribution in [0.2, 0.25) is 0 Å². The fourth-order valence-corrected chi connectivity index (χ4v) is 1.62. The number of nitrogens with one attached hydrogen (secondary N) is 2. The van der Waals surface area contributed by atoms with E-state index in [1.807, 2.05) is 13.8 Å². The molecule has 6 nitrogen and oxygen atoms in total. The monoisotopic (exact) mass is 280 g/mol. The summed E-state index contributed by atoms with van der Waals surface area (Å²) in [6.45, 7) is 3.65. The van der Waals surface area contributed by atoms with Crippen LogP contribution in [0.4, 0.5) is 10.5 Å². The summed E-state index contributed by atoms with van der Waals surface area (Å²) in [5.41, 5.74) is 0.621. The lowest BCUT2D eigenvalue weighted by Crippen LogP contribution is -2.37. The van der Waals surface area contributed by atoms with Crippen molar-refractivity contribution in [3.63, 3.8) is 0 Å². The van der Waals surface area contributed by atoms with Gasteiger partial charge in [0.05, 0.1) is 0 Å². The average Bonchev–Trinajstić information content (AvgIpc) is 2.44. The summed E-state index contributed by atoms with van der Waals surface area (Å²) in [5, 5.41) is 14.1. The molecule has 110 valence electrons. The van der Waals surface area contributed by atoms with E-state index < -0.39 is 5.97 Å². The van der Waals surface area contributed by atoms with Crippen LogP contribution < -0.4 is 15.4 Å². The second kappa shape index (κ2) is 8.04. The number of hydrogen-bond acceptors (Lipinski definition) is 3. The van der Waals surface area contributed by atoms with E-state index in [0.29, 0.717) is 11.4 Å². The Morgan fingerprint density at radius 2 is 1.80 bits per heavy atom. The van der Waals surface area contributed by atoms with Crippen LogP contribution in [0.3, 0.4) is 0 Å². The Balaban J connectivity index is 2.48. The number of hydrogen-bond donors (Lipinski definition) is 3. The number of carboxylic acid groups (broad SMARTS) is 1. The minimum Gasteiger partial charge on any atom is -0.482 e. The zero-order chi connectivity index (χ0) is 15.0. The number of anilines is 1. The highest BCUT2D eigenvalue weighted by atomic mass is 16.5. The third-order valence-corrected chi connectivity index (χ3v) is 2.80. The molecule has 0 saturated heterocycles. The standard InChI is InChI=1S/C14H20N2O4/c1-3-10(4-2)15-14(19)16-11-5-7-12(8-6-11)20-9-13(17)18/h5-8,10H,3-4,9H2,1-2H3,(H,17,18)(H2,15,16,19). The molecule has 0 aliphatic rings. The molecule has 0 heterocycles. The normalized spacial score (nSPS) is 10.2. The molecule has 0 bridgehead atoms. The molecule has 1 rings (SSSR count). The van der Waals surface area contributed by atoms with Gasteiger partial charge in [0.1, 0.15) is 5.75 Å². The van der Waals surface area contributed by atoms with Gasteiger partial charge in [-0.15, -0.1) is 0 Å². The third-order valence-electron chi connectivity index (χ3n) is 2.80. The summed E-state index contributed by atoms with van der Waals surface area (Å²) in [4.78, 5) is 22.1. The van der Waals surface area contributed by atoms with Crippen molar-refractivity contribution in [1.29, 1.82) is 0 Å². The molecule has 0 saturated carbocycles. The van der Waals surface area contributed by atoms with E-state index in [2.05, 4.69) is 10.6 Å². The molecule has 0 fully saturated rings. The van der Waals surface area contributed by atoms with Crippen LogP contribution in [0.15, 0.2) is 24.3 Å². The first-order valence-electron chi connectivity index (χ1n) is 6.57. The summed E-state index contributed by atoms with van der Waals surface area (Å²) < 4.78 is 5.00. The van der Waals surface area contributed by atoms with Crippen molar-refractivity contribution in [2.45, 2.75) is 32.7 Å². The number of urea groups is 1. The van der Waals surface area contributed by atoms with E-state index in [1.165, 1.54) is 0 Å². The molecule has 20 heavy (non-hydrogen) atoms. The van der Waals surface area contributed by atoms with E-state index in [1.54, 1.807) is 24.3 Å². The van der Waals surface area contributed by atoms with Crippen molar-refractivity contribution in [1.82, 2.24) is 5.32 Å². The van der Waals surface area contributed by atoms with Crippen LogP contribution in [0, 0.1) is 0 Å². The summed E-state index contributed by atoms with van der Waals surface area (Å²) in [6, 6.07) is 6.43. The Bertz CT molecular complexity index is 441. The van der Waals surface area contributed by atoms with E-state index >= 15 is 0 Å². The molecule has 0 aromatic heterocycles. The first kappa shape index (κ1) is 15.8. The largest absolute Gasteiger partial charge is 0.482 e. The number of rotatable bonds is 7. The van der Waals surface area contributed by atoms with Gasteiger partial charge in [-0.05, 0) is 37.1 Å². The van der Waals surface area contributed by atoms with Crippen LogP contribution in [-0.2, 0) is 4.79 Å². The highest BCUT2D eigenvalue weighted by molar-refractivity contribution is 5.89. The summed E-state index contributed by atoms with van der Waals surface area (Å²) in [7, 11) is 0. The lowest BCUT2D eigenvalue weighted by molar-refractivity contribution is -0.139. The van der Waals surface area contributed by atoms with E-state index in [0.717, 1.165) is 12.8 Å². The van der Waals surface area contributed by atoms with Crippen molar-refractivity contribution in [3.8, 4) is 5.75 Å². The minimum atomic E-state index is -1.03. The number of aliphatic carboxylic acids is 1. The molecule has 1 aromatic carbocycles. The van der Waals surface area contributed by atoms with E-state index in [4.69, 9.17) is 9.84 Å². The summed E-state index contributed by atoms with van der Waals surface area (Å²) in [6.07, 6.45) is 1.76. The van der Waals surface area contributed by atoms with Crippen LogP contribution in [-0.4, -0.2) is 29.8 Å². The van der Waals surface area contributed by atoms with Gasteiger partial charge in [-0.2, -0.15) is 0 Å². The topological polar surface area (TPSA) is 87.7 Å². The molecule has 0 atom stereocenters. The van der Waals surface area contributed by atoms with Gasteiger partial charge in [-0.3, -0.25) is 0 Å². The maximum absolute atomic E-state index is 11.7. The van der Waals surface area contributed by atoms with Gasteiger partial charge in [0.2, 0.25) is 0 Å². The van der Waals surface area contributed by atoms with E-state index in [9.17, 15) is 9.59 Å². The first-order valence-corrected chi connectivity index (χ1v) is 6.57. The molecular weight excluding hydrogens is 260 g/mol. The van der Waals surface area contributed by atoms with E-state index in [-0.39, 0.29) is 18.7 Å². The zero-order valence-corrected chi connectivity index (χ0v) is 11.7. The van der Waals surface area contributed by atoms with Gasteiger partial charge in [-0.1, -0.05) is 13.8 Å². The van der Waals surface area contributed by atoms with Crippen LogP contribution in [0.25, 0.3) is 0 Å². The van der Waals surface area contributed by atoms with Crippen molar-refractivity contribution < 1.29 is 19.4 Å². The number of carbonyl (C=O) groups excluding carboxylic acids is 1. The summed E-state index contributed by atoms with van der Waals surface area (Å²) in [5.74, 6) is -0.588. The SMILES string of the molecule is CCC(CC)NC(=O)Nc1ccc(OCC(=O)O)cc1. The fourth-order valence-electron chi connectivity index (χ4n) is 1.62. The smallest absolute Gasteiger partial charge is 0.341 e. The number of benzene rings is 1. The van der Waals surface area contributed by atoms with Gasteiger partial charge < -0.3 is 20.5 Å². The van der Waals surface area contributed by atoms with Gasteiger partial charge in [0.15, 0.2) is 6.61 Å². The number of carbonyl (C=O) groups is 2. The number of ether oxygens (including phenoxy) is 1. The quantitative estimate of drug-likeness (QED) is 0.716. The van der Waals surface area contributed by atoms with Crippen molar-refractivity contribution in [2.24, 2.45) is 0 Å². The van der Waals surface area contributed by atoms with Gasteiger partial charge in [0.25, 0.3) is 0 Å². The zero-order valence-electron chi connectivity index (χ0n) is 11.7. The lowest BCUT2D eigenvalue weighted by atomic mass is 10.2. The Labute approximate surface area is 118 Å². The minimum absolute atomic E-state index is 0.160. The highest BCUT2D eigenvalue weighted by Gasteiger charge is 2.08. The fraction of sp³-hybridized carbons (Fsp3) is 0.429. The highest BCUT2D eigenvalue weighted by Crippen LogP contribution is 2.15. The molecule has 1 aromatic rings. The molecule has 0 aliphatic carbocycles. The van der Waals surface area contributed by atoms with Gasteiger partial charge >= 0.3 is 12.0 Å².